The number of hydrogen-bond donors (Lipinski definition) is 0. The van der Waals surface area contributed by atoms with Crippen molar-refractivity contribution in [2.45, 2.75) is 19.8 Å². The Kier molecular flexibility index (Phi) is 5.74. The molecule has 2 aromatic carbocycles. The van der Waals surface area contributed by atoms with Gasteiger partial charge in [0.15, 0.2) is 10.9 Å². The lowest BCUT2D eigenvalue weighted by Crippen LogP contribution is -2.10. The van der Waals surface area contributed by atoms with Gasteiger partial charge >= 0.3 is 5.97 Å². The highest BCUT2D eigenvalue weighted by Crippen LogP contribution is 2.39. The number of carbonyl (C=O) groups is 2. The highest BCUT2D eigenvalue weighted by molar-refractivity contribution is 6.29. The SMILES string of the molecule is Cc1c(OC(=O)CCc2cc(Cl)no2)ccc2c1O/C(=C\c1cccc([N+](=O)[O-])c1)C2=O. The van der Waals surface area contributed by atoms with Gasteiger partial charge in [0.25, 0.3) is 5.69 Å². The van der Waals surface area contributed by atoms with E-state index in [0.29, 0.717) is 22.5 Å². The van der Waals surface area contributed by atoms with E-state index in [-0.39, 0.29) is 46.7 Å². The molecule has 0 radical (unpaired) electrons. The van der Waals surface area contributed by atoms with E-state index < -0.39 is 10.9 Å². The molecule has 0 bridgehead atoms. The highest BCUT2D eigenvalue weighted by Gasteiger charge is 2.30. The van der Waals surface area contributed by atoms with Crippen LogP contribution in [0.3, 0.4) is 0 Å². The predicted octanol–water partition coefficient (Wildman–Crippen LogP) is 4.70. The summed E-state index contributed by atoms with van der Waals surface area (Å²) in [7, 11) is 0. The Hall–Kier alpha value is -3.98. The topological polar surface area (TPSA) is 122 Å². The second kappa shape index (κ2) is 8.64. The zero-order chi connectivity index (χ0) is 22.8. The van der Waals surface area contributed by atoms with E-state index in [4.69, 9.17) is 25.6 Å². The van der Waals surface area contributed by atoms with Gasteiger partial charge < -0.3 is 14.0 Å². The maximum Gasteiger partial charge on any atom is 0.311 e. The Balaban J connectivity index is 1.50. The minimum Gasteiger partial charge on any atom is -0.452 e. The average molecular weight is 455 g/mol. The monoisotopic (exact) mass is 454 g/mol. The van der Waals surface area contributed by atoms with Crippen molar-refractivity contribution in [2.24, 2.45) is 0 Å². The van der Waals surface area contributed by atoms with Crippen molar-refractivity contribution < 1.29 is 28.5 Å². The summed E-state index contributed by atoms with van der Waals surface area (Å²) in [6, 6.07) is 10.4. The number of allylic oxidation sites excluding steroid dienone is 1. The van der Waals surface area contributed by atoms with Crippen molar-refractivity contribution in [3.63, 3.8) is 0 Å². The zero-order valence-electron chi connectivity index (χ0n) is 16.7. The number of esters is 1. The summed E-state index contributed by atoms with van der Waals surface area (Å²) in [5, 5.41) is 14.7. The third-order valence-electron chi connectivity index (χ3n) is 4.74. The molecule has 32 heavy (non-hydrogen) atoms. The van der Waals surface area contributed by atoms with E-state index in [1.54, 1.807) is 13.0 Å². The highest BCUT2D eigenvalue weighted by atomic mass is 35.5. The largest absolute Gasteiger partial charge is 0.452 e. The van der Waals surface area contributed by atoms with Gasteiger partial charge in [-0.3, -0.25) is 19.7 Å². The fraction of sp³-hybridized carbons (Fsp3) is 0.136. The molecule has 1 aliphatic heterocycles. The number of ketones is 1. The van der Waals surface area contributed by atoms with Crippen LogP contribution in [0.15, 0.2) is 52.7 Å². The third-order valence-corrected chi connectivity index (χ3v) is 4.92. The number of Topliss-reactive ketones (excluding diaryl/α,β-unsaturated/α-hetero) is 1. The number of rotatable bonds is 6. The fourth-order valence-corrected chi connectivity index (χ4v) is 3.32. The molecule has 3 aromatic rings. The Morgan fingerprint density at radius 3 is 2.81 bits per heavy atom. The van der Waals surface area contributed by atoms with E-state index in [0.717, 1.165) is 0 Å². The quantitative estimate of drug-likeness (QED) is 0.173. The number of benzene rings is 2. The molecule has 0 saturated heterocycles. The van der Waals surface area contributed by atoms with Crippen molar-refractivity contribution in [3.05, 3.63) is 85.9 Å². The van der Waals surface area contributed by atoms with Crippen LogP contribution in [0.25, 0.3) is 6.08 Å². The van der Waals surface area contributed by atoms with Crippen molar-refractivity contribution in [2.75, 3.05) is 0 Å². The van der Waals surface area contributed by atoms with Gasteiger partial charge in [-0.2, -0.15) is 0 Å². The molecule has 0 unspecified atom stereocenters. The van der Waals surface area contributed by atoms with Crippen LogP contribution in [0.4, 0.5) is 5.69 Å². The van der Waals surface area contributed by atoms with E-state index in [9.17, 15) is 19.7 Å². The number of hydrogen-bond acceptors (Lipinski definition) is 8. The molecule has 0 spiro atoms. The molecule has 0 N–H and O–H groups in total. The normalized spacial score (nSPS) is 13.7. The molecule has 1 aliphatic rings. The summed E-state index contributed by atoms with van der Waals surface area (Å²) in [6.07, 6.45) is 1.75. The fourth-order valence-electron chi connectivity index (χ4n) is 3.16. The lowest BCUT2D eigenvalue weighted by molar-refractivity contribution is -0.384. The number of carbonyl (C=O) groups excluding carboxylic acids is 2. The van der Waals surface area contributed by atoms with Crippen LogP contribution < -0.4 is 9.47 Å². The molecular formula is C22H15ClN2O7. The lowest BCUT2D eigenvalue weighted by atomic mass is 10.1. The van der Waals surface area contributed by atoms with Crippen molar-refractivity contribution in [3.8, 4) is 11.5 Å². The minimum atomic E-state index is -0.518. The van der Waals surface area contributed by atoms with Gasteiger partial charge in [-0.25, -0.2) is 0 Å². The van der Waals surface area contributed by atoms with Gasteiger partial charge in [0, 0.05) is 30.2 Å². The maximum atomic E-state index is 12.7. The number of aryl methyl sites for hydroxylation is 1. The molecule has 9 nitrogen and oxygen atoms in total. The second-order valence-electron chi connectivity index (χ2n) is 6.95. The summed E-state index contributed by atoms with van der Waals surface area (Å²) < 4.78 is 16.1. The van der Waals surface area contributed by atoms with Crippen LogP contribution in [0, 0.1) is 17.0 Å². The van der Waals surface area contributed by atoms with Crippen molar-refractivity contribution >= 4 is 35.1 Å². The molecule has 0 aliphatic carbocycles. The van der Waals surface area contributed by atoms with E-state index in [1.165, 1.54) is 42.5 Å². The molecule has 2 heterocycles. The third kappa shape index (κ3) is 4.37. The van der Waals surface area contributed by atoms with E-state index in [2.05, 4.69) is 5.16 Å². The molecule has 10 heteroatoms. The molecule has 1 aromatic heterocycles. The molecule has 4 rings (SSSR count). The van der Waals surface area contributed by atoms with Crippen molar-refractivity contribution in [1.29, 1.82) is 0 Å². The van der Waals surface area contributed by atoms with Crippen LogP contribution in [0.1, 0.15) is 33.7 Å². The molecule has 0 atom stereocenters. The first kappa shape index (κ1) is 21.3. The van der Waals surface area contributed by atoms with Gasteiger partial charge in [-0.05, 0) is 30.7 Å². The van der Waals surface area contributed by atoms with Crippen LogP contribution in [0.5, 0.6) is 11.5 Å². The molecule has 162 valence electrons. The summed E-state index contributed by atoms with van der Waals surface area (Å²) in [5.41, 5.74) is 1.15. The molecule has 0 fully saturated rings. The average Bonchev–Trinajstić information content (AvgIpc) is 3.32. The molecule has 0 saturated carbocycles. The van der Waals surface area contributed by atoms with Crippen LogP contribution in [-0.2, 0) is 11.2 Å². The first-order valence-electron chi connectivity index (χ1n) is 9.46. The summed E-state index contributed by atoms with van der Waals surface area (Å²) in [6.45, 7) is 1.67. The summed E-state index contributed by atoms with van der Waals surface area (Å²) in [4.78, 5) is 35.4. The molecular weight excluding hydrogens is 440 g/mol. The number of halogens is 1. The van der Waals surface area contributed by atoms with Crippen LogP contribution in [-0.4, -0.2) is 21.8 Å². The first-order chi connectivity index (χ1) is 15.3. The Labute approximate surface area is 186 Å². The molecule has 0 amide bonds. The number of non-ortho nitro benzene ring substituents is 1. The van der Waals surface area contributed by atoms with Crippen LogP contribution >= 0.6 is 11.6 Å². The Morgan fingerprint density at radius 2 is 2.09 bits per heavy atom. The lowest BCUT2D eigenvalue weighted by Gasteiger charge is -2.09. The number of aromatic nitrogens is 1. The Bertz CT molecular complexity index is 1280. The summed E-state index contributed by atoms with van der Waals surface area (Å²) in [5.74, 6) is 0.149. The van der Waals surface area contributed by atoms with Crippen LogP contribution in [0.2, 0.25) is 5.15 Å². The number of nitro groups is 1. The van der Waals surface area contributed by atoms with E-state index in [1.807, 2.05) is 0 Å². The standard InChI is InChI=1S/C22H15ClN2O7/c1-12-17(30-20(26)8-5-15-11-19(23)24-32-15)7-6-16-21(27)18(31-22(12)16)10-13-3-2-4-14(9-13)25(28)29/h2-4,6-7,9-11H,5,8H2,1H3/b18-10-. The maximum absolute atomic E-state index is 12.7. The van der Waals surface area contributed by atoms with Gasteiger partial charge in [0.05, 0.1) is 16.9 Å². The number of nitrogens with zero attached hydrogens (tertiary/aromatic N) is 2. The minimum absolute atomic E-state index is 0.0225. The number of nitro benzene ring substituents is 1. The number of ether oxygens (including phenoxy) is 2. The van der Waals surface area contributed by atoms with Crippen molar-refractivity contribution in [1.82, 2.24) is 5.16 Å². The Morgan fingerprint density at radius 1 is 1.28 bits per heavy atom. The predicted molar refractivity (Wildman–Crippen MR) is 113 cm³/mol. The van der Waals surface area contributed by atoms with Gasteiger partial charge in [-0.15, -0.1) is 0 Å². The van der Waals surface area contributed by atoms with Gasteiger partial charge in [0.1, 0.15) is 17.3 Å². The first-order valence-corrected chi connectivity index (χ1v) is 9.83. The summed E-state index contributed by atoms with van der Waals surface area (Å²) >= 11 is 5.68. The van der Waals surface area contributed by atoms with Gasteiger partial charge in [-0.1, -0.05) is 28.9 Å². The second-order valence-corrected chi connectivity index (χ2v) is 7.33. The number of fused-ring (bicyclic) bond motifs is 1. The van der Waals surface area contributed by atoms with Gasteiger partial charge in [0.2, 0.25) is 5.78 Å². The smallest absolute Gasteiger partial charge is 0.311 e. The zero-order valence-corrected chi connectivity index (χ0v) is 17.4. The van der Waals surface area contributed by atoms with E-state index >= 15 is 0 Å².